The first kappa shape index (κ1) is 21.7. The number of ketones is 1. The predicted octanol–water partition coefficient (Wildman–Crippen LogP) is 5.67. The number of phenolic OH excluding ortho intramolecular Hbond substituents is 2. The van der Waals surface area contributed by atoms with Crippen molar-refractivity contribution in [3.8, 4) is 17.2 Å². The number of hydrogen-bond acceptors (Lipinski definition) is 3. The molecule has 0 radical (unpaired) electrons. The van der Waals surface area contributed by atoms with Gasteiger partial charge in [0.2, 0.25) is 0 Å². The Morgan fingerprint density at radius 2 is 1.63 bits per heavy atom. The van der Waals surface area contributed by atoms with Crippen LogP contribution < -0.4 is 0 Å². The minimum Gasteiger partial charge on any atom is -0.508 e. The highest BCUT2D eigenvalue weighted by atomic mass is 16.3. The molecule has 158 valence electrons. The van der Waals surface area contributed by atoms with Gasteiger partial charge in [-0.3, -0.25) is 4.79 Å². The second-order valence-corrected chi connectivity index (χ2v) is 9.20. The zero-order valence-electron chi connectivity index (χ0n) is 18.4. The van der Waals surface area contributed by atoms with Crippen LogP contribution in [-0.2, 0) is 22.0 Å². The minimum atomic E-state index is -0.465. The lowest BCUT2D eigenvalue weighted by molar-refractivity contribution is -0.121. The van der Waals surface area contributed by atoms with E-state index in [1.165, 1.54) is 11.1 Å². The molecule has 1 aliphatic rings. The first-order valence-electron chi connectivity index (χ1n) is 10.3. The number of aryl methyl sites for hydroxylation is 1. The molecule has 0 amide bonds. The van der Waals surface area contributed by atoms with E-state index in [2.05, 4.69) is 19.9 Å². The van der Waals surface area contributed by atoms with Crippen molar-refractivity contribution in [3.63, 3.8) is 0 Å². The third kappa shape index (κ3) is 4.28. The maximum Gasteiger partial charge on any atom is 0.139 e. The lowest BCUT2D eigenvalue weighted by Crippen LogP contribution is -2.26. The molecule has 4 nitrogen and oxygen atoms in total. The minimum absolute atomic E-state index is 0.123. The molecule has 4 rings (SSSR count). The molecule has 0 aliphatic heterocycles. The van der Waals surface area contributed by atoms with Gasteiger partial charge in [-0.1, -0.05) is 26.0 Å². The molecule has 0 saturated heterocycles. The van der Waals surface area contributed by atoms with Crippen LogP contribution in [0.15, 0.2) is 60.9 Å². The molecule has 0 unspecified atom stereocenters. The van der Waals surface area contributed by atoms with Crippen molar-refractivity contribution in [3.05, 3.63) is 77.6 Å². The first-order valence-corrected chi connectivity index (χ1v) is 10.3. The highest BCUT2D eigenvalue weighted by molar-refractivity contribution is 5.87. The quantitative estimate of drug-likeness (QED) is 0.590. The van der Waals surface area contributed by atoms with Crippen molar-refractivity contribution in [1.82, 2.24) is 4.57 Å². The van der Waals surface area contributed by atoms with Gasteiger partial charge in [0.1, 0.15) is 17.3 Å². The lowest BCUT2D eigenvalue weighted by Gasteiger charge is -2.21. The SMILES string of the molecule is CC(=O)C(C)(C)c1ccc(O)cc1.CC1(C)CCc2cc(O)c(-n3cccc3)cc21. The van der Waals surface area contributed by atoms with Crippen LogP contribution in [0.5, 0.6) is 11.5 Å². The number of aromatic hydroxyl groups is 2. The van der Waals surface area contributed by atoms with Crippen molar-refractivity contribution in [2.75, 3.05) is 0 Å². The number of fused-ring (bicyclic) bond motifs is 1. The normalized spacial score (nSPS) is 14.6. The fourth-order valence-electron chi connectivity index (χ4n) is 3.82. The van der Waals surface area contributed by atoms with Crippen molar-refractivity contribution in [2.24, 2.45) is 0 Å². The van der Waals surface area contributed by atoms with Crippen LogP contribution in [0.3, 0.4) is 0 Å². The van der Waals surface area contributed by atoms with Gasteiger partial charge in [0.15, 0.2) is 0 Å². The summed E-state index contributed by atoms with van der Waals surface area (Å²) in [6.45, 7) is 9.88. The van der Waals surface area contributed by atoms with Gasteiger partial charge in [-0.15, -0.1) is 0 Å². The highest BCUT2D eigenvalue weighted by Gasteiger charge is 2.31. The fraction of sp³-hybridized carbons (Fsp3) is 0.346. The molecule has 0 bridgehead atoms. The summed E-state index contributed by atoms with van der Waals surface area (Å²) in [6.07, 6.45) is 6.16. The molecule has 0 saturated carbocycles. The van der Waals surface area contributed by atoms with Crippen LogP contribution in [0.4, 0.5) is 0 Å². The van der Waals surface area contributed by atoms with E-state index >= 15 is 0 Å². The van der Waals surface area contributed by atoms with E-state index in [9.17, 15) is 9.90 Å². The van der Waals surface area contributed by atoms with Gasteiger partial charge in [0.25, 0.3) is 0 Å². The molecule has 1 aromatic heterocycles. The maximum atomic E-state index is 11.3. The molecule has 4 heteroatoms. The summed E-state index contributed by atoms with van der Waals surface area (Å²) in [5.74, 6) is 0.721. The van der Waals surface area contributed by atoms with E-state index in [4.69, 9.17) is 5.11 Å². The Kier molecular flexibility index (Phi) is 5.80. The molecule has 1 heterocycles. The monoisotopic (exact) mass is 405 g/mol. The molecule has 0 fully saturated rings. The number of benzene rings is 2. The molecule has 0 atom stereocenters. The predicted molar refractivity (Wildman–Crippen MR) is 121 cm³/mol. The van der Waals surface area contributed by atoms with Crippen molar-refractivity contribution in [2.45, 2.75) is 58.3 Å². The van der Waals surface area contributed by atoms with Gasteiger partial charge >= 0.3 is 0 Å². The molecule has 30 heavy (non-hydrogen) atoms. The maximum absolute atomic E-state index is 11.3. The Morgan fingerprint density at radius 1 is 1.03 bits per heavy atom. The number of phenols is 2. The zero-order valence-corrected chi connectivity index (χ0v) is 18.4. The third-order valence-electron chi connectivity index (χ3n) is 6.30. The fourth-order valence-corrected chi connectivity index (χ4v) is 3.82. The number of Topliss-reactive ketones (excluding diaryl/α,β-unsaturated/α-hetero) is 1. The van der Waals surface area contributed by atoms with Crippen LogP contribution in [0.25, 0.3) is 5.69 Å². The van der Waals surface area contributed by atoms with Gasteiger partial charge in [-0.2, -0.15) is 0 Å². The molecule has 2 aromatic carbocycles. The number of hydrogen-bond donors (Lipinski definition) is 2. The van der Waals surface area contributed by atoms with Crippen LogP contribution in [0.1, 0.15) is 57.7 Å². The van der Waals surface area contributed by atoms with E-state index in [1.54, 1.807) is 31.2 Å². The van der Waals surface area contributed by atoms with E-state index in [-0.39, 0.29) is 16.9 Å². The van der Waals surface area contributed by atoms with Crippen LogP contribution in [0, 0.1) is 0 Å². The average Bonchev–Trinajstić information content (AvgIpc) is 3.30. The van der Waals surface area contributed by atoms with E-state index in [0.29, 0.717) is 5.75 Å². The number of carbonyl (C=O) groups is 1. The number of aromatic nitrogens is 1. The van der Waals surface area contributed by atoms with E-state index < -0.39 is 5.41 Å². The molecule has 3 aromatic rings. The average molecular weight is 406 g/mol. The number of carbonyl (C=O) groups excluding carboxylic acids is 1. The van der Waals surface area contributed by atoms with Crippen molar-refractivity contribution < 1.29 is 15.0 Å². The smallest absolute Gasteiger partial charge is 0.139 e. The Hall–Kier alpha value is -3.01. The van der Waals surface area contributed by atoms with E-state index in [1.807, 2.05) is 49.0 Å². The van der Waals surface area contributed by atoms with Crippen LogP contribution >= 0.6 is 0 Å². The van der Waals surface area contributed by atoms with Crippen molar-refractivity contribution in [1.29, 1.82) is 0 Å². The Morgan fingerprint density at radius 3 is 2.20 bits per heavy atom. The van der Waals surface area contributed by atoms with Gasteiger partial charge in [0, 0.05) is 17.8 Å². The largest absolute Gasteiger partial charge is 0.508 e. The zero-order chi connectivity index (χ0) is 22.1. The molecular formula is C26H31NO3. The summed E-state index contributed by atoms with van der Waals surface area (Å²) in [4.78, 5) is 11.3. The Labute approximate surface area is 178 Å². The Bertz CT molecular complexity index is 1030. The van der Waals surface area contributed by atoms with Crippen LogP contribution in [-0.4, -0.2) is 20.6 Å². The third-order valence-corrected chi connectivity index (χ3v) is 6.30. The molecule has 0 spiro atoms. The molecule has 2 N–H and O–H groups in total. The summed E-state index contributed by atoms with van der Waals surface area (Å²) in [6, 6.07) is 14.8. The second kappa shape index (κ2) is 8.02. The summed E-state index contributed by atoms with van der Waals surface area (Å²) in [5.41, 5.74) is 4.24. The Balaban J connectivity index is 0.000000178. The second-order valence-electron chi connectivity index (χ2n) is 9.20. The number of rotatable bonds is 3. The number of nitrogens with zero attached hydrogens (tertiary/aromatic N) is 1. The van der Waals surface area contributed by atoms with Gasteiger partial charge < -0.3 is 14.8 Å². The summed E-state index contributed by atoms with van der Waals surface area (Å²) in [7, 11) is 0. The van der Waals surface area contributed by atoms with Crippen molar-refractivity contribution >= 4 is 5.78 Å². The summed E-state index contributed by atoms with van der Waals surface area (Å²) < 4.78 is 1.96. The van der Waals surface area contributed by atoms with E-state index in [0.717, 1.165) is 24.1 Å². The summed E-state index contributed by atoms with van der Waals surface area (Å²) in [5, 5.41) is 19.2. The van der Waals surface area contributed by atoms with Crippen LogP contribution in [0.2, 0.25) is 0 Å². The highest BCUT2D eigenvalue weighted by Crippen LogP contribution is 2.41. The summed E-state index contributed by atoms with van der Waals surface area (Å²) >= 11 is 0. The van der Waals surface area contributed by atoms with Gasteiger partial charge in [-0.25, -0.2) is 0 Å². The molecule has 1 aliphatic carbocycles. The topological polar surface area (TPSA) is 62.5 Å². The standard InChI is InChI=1S/C15H17NO.C11H14O2/c1-15(2)6-5-11-9-14(17)13(10-12(11)15)16-7-3-4-8-16;1-8(12)11(2,3)9-4-6-10(13)7-5-9/h3-4,7-10,17H,5-6H2,1-2H3;4-7,13H,1-3H3. The molecular weight excluding hydrogens is 374 g/mol. The first-order chi connectivity index (χ1) is 14.0. The lowest BCUT2D eigenvalue weighted by atomic mass is 9.81. The van der Waals surface area contributed by atoms with Gasteiger partial charge in [0.05, 0.1) is 5.69 Å². The van der Waals surface area contributed by atoms with Gasteiger partial charge in [-0.05, 0) is 92.1 Å².